The third-order valence-corrected chi connectivity index (χ3v) is 4.28. The zero-order valence-corrected chi connectivity index (χ0v) is 14.0. The molecule has 6 nitrogen and oxygen atoms in total. The number of rotatable bonds is 6. The lowest BCUT2D eigenvalue weighted by Crippen LogP contribution is -2.37. The number of nitrogens with one attached hydrogen (secondary N) is 1. The summed E-state index contributed by atoms with van der Waals surface area (Å²) in [5.74, 6) is -0.693. The number of hydrogen-bond acceptors (Lipinski definition) is 5. The minimum Gasteiger partial charge on any atom is -0.449 e. The van der Waals surface area contributed by atoms with E-state index in [-0.39, 0.29) is 11.9 Å². The Bertz CT molecular complexity index is 577. The predicted octanol–water partition coefficient (Wildman–Crippen LogP) is 1.34. The van der Waals surface area contributed by atoms with Gasteiger partial charge in [-0.25, -0.2) is 4.79 Å². The van der Waals surface area contributed by atoms with Crippen molar-refractivity contribution in [3.63, 3.8) is 0 Å². The summed E-state index contributed by atoms with van der Waals surface area (Å²) in [6.45, 7) is 5.84. The summed E-state index contributed by atoms with van der Waals surface area (Å²) in [6, 6.07) is 7.63. The second kappa shape index (κ2) is 7.77. The van der Waals surface area contributed by atoms with Crippen LogP contribution in [-0.2, 0) is 20.8 Å². The number of esters is 1. The topological polar surface area (TPSA) is 67.9 Å². The third kappa shape index (κ3) is 4.79. The molecule has 1 saturated carbocycles. The van der Waals surface area contributed by atoms with Crippen molar-refractivity contribution >= 4 is 11.9 Å². The Labute approximate surface area is 142 Å². The summed E-state index contributed by atoms with van der Waals surface area (Å²) in [5, 5.41) is 2.83. The molecule has 0 radical (unpaired) electrons. The molecule has 1 saturated heterocycles. The molecular formula is C18H24N2O4. The van der Waals surface area contributed by atoms with Gasteiger partial charge in [-0.05, 0) is 37.5 Å². The van der Waals surface area contributed by atoms with Crippen molar-refractivity contribution in [2.24, 2.45) is 0 Å². The van der Waals surface area contributed by atoms with E-state index in [2.05, 4.69) is 10.2 Å². The molecular weight excluding hydrogens is 308 g/mol. The molecule has 1 atom stereocenters. The monoisotopic (exact) mass is 332 g/mol. The van der Waals surface area contributed by atoms with Crippen LogP contribution in [0.3, 0.4) is 0 Å². The van der Waals surface area contributed by atoms with Gasteiger partial charge in [-0.3, -0.25) is 9.69 Å². The molecule has 1 aromatic carbocycles. The van der Waals surface area contributed by atoms with Crippen LogP contribution in [0.2, 0.25) is 0 Å². The highest BCUT2D eigenvalue weighted by Gasteiger charge is 2.27. The zero-order valence-electron chi connectivity index (χ0n) is 14.0. The van der Waals surface area contributed by atoms with E-state index >= 15 is 0 Å². The fourth-order valence-corrected chi connectivity index (χ4v) is 2.59. The molecule has 0 aromatic heterocycles. The molecule has 1 aliphatic heterocycles. The van der Waals surface area contributed by atoms with Crippen molar-refractivity contribution in [1.82, 2.24) is 10.2 Å². The van der Waals surface area contributed by atoms with Crippen molar-refractivity contribution in [2.75, 3.05) is 26.3 Å². The van der Waals surface area contributed by atoms with E-state index in [1.807, 2.05) is 12.1 Å². The average molecular weight is 332 g/mol. The summed E-state index contributed by atoms with van der Waals surface area (Å²) in [5.41, 5.74) is 1.61. The Morgan fingerprint density at radius 3 is 2.54 bits per heavy atom. The molecule has 1 aromatic rings. The Morgan fingerprint density at radius 2 is 1.92 bits per heavy atom. The number of hydrogen-bond donors (Lipinski definition) is 1. The van der Waals surface area contributed by atoms with Gasteiger partial charge in [0.15, 0.2) is 6.10 Å². The highest BCUT2D eigenvalue weighted by molar-refractivity contribution is 5.92. The Balaban J connectivity index is 1.50. The summed E-state index contributed by atoms with van der Waals surface area (Å²) in [7, 11) is 0. The van der Waals surface area contributed by atoms with Crippen molar-refractivity contribution in [2.45, 2.75) is 38.5 Å². The maximum Gasteiger partial charge on any atom is 0.338 e. The van der Waals surface area contributed by atoms with Crippen molar-refractivity contribution in [1.29, 1.82) is 0 Å². The van der Waals surface area contributed by atoms with Crippen molar-refractivity contribution < 1.29 is 19.1 Å². The van der Waals surface area contributed by atoms with Gasteiger partial charge in [-0.15, -0.1) is 0 Å². The molecule has 3 rings (SSSR count). The van der Waals surface area contributed by atoms with E-state index in [0.717, 1.165) is 51.3 Å². The predicted molar refractivity (Wildman–Crippen MR) is 88.6 cm³/mol. The summed E-state index contributed by atoms with van der Waals surface area (Å²) in [6.07, 6.45) is 1.25. The normalized spacial score (nSPS) is 19.5. The van der Waals surface area contributed by atoms with Crippen LogP contribution >= 0.6 is 0 Å². The van der Waals surface area contributed by atoms with E-state index in [9.17, 15) is 9.59 Å². The smallest absolute Gasteiger partial charge is 0.338 e. The lowest BCUT2D eigenvalue weighted by molar-refractivity contribution is -0.129. The van der Waals surface area contributed by atoms with Crippen LogP contribution in [0.25, 0.3) is 0 Å². The molecule has 1 N–H and O–H groups in total. The van der Waals surface area contributed by atoms with Crippen LogP contribution < -0.4 is 5.32 Å². The van der Waals surface area contributed by atoms with Gasteiger partial charge in [-0.1, -0.05) is 12.1 Å². The van der Waals surface area contributed by atoms with Gasteiger partial charge in [0.1, 0.15) is 0 Å². The molecule has 24 heavy (non-hydrogen) atoms. The quantitative estimate of drug-likeness (QED) is 0.796. The number of benzene rings is 1. The Hall–Kier alpha value is -1.92. The van der Waals surface area contributed by atoms with Crippen molar-refractivity contribution in [3.05, 3.63) is 35.4 Å². The second-order valence-electron chi connectivity index (χ2n) is 6.42. The summed E-state index contributed by atoms with van der Waals surface area (Å²) >= 11 is 0. The number of ether oxygens (including phenoxy) is 2. The van der Waals surface area contributed by atoms with Gasteiger partial charge < -0.3 is 14.8 Å². The van der Waals surface area contributed by atoms with Crippen LogP contribution in [0, 0.1) is 0 Å². The number of carbonyl (C=O) groups is 2. The lowest BCUT2D eigenvalue weighted by Gasteiger charge is -2.26. The van der Waals surface area contributed by atoms with E-state index in [4.69, 9.17) is 9.47 Å². The van der Waals surface area contributed by atoms with Crippen LogP contribution in [0.4, 0.5) is 0 Å². The molecule has 130 valence electrons. The van der Waals surface area contributed by atoms with Gasteiger partial charge in [-0.2, -0.15) is 0 Å². The molecule has 1 heterocycles. The average Bonchev–Trinajstić information content (AvgIpc) is 3.40. The van der Waals surface area contributed by atoms with E-state index in [0.29, 0.717) is 5.56 Å². The fourth-order valence-electron chi connectivity index (χ4n) is 2.59. The van der Waals surface area contributed by atoms with Gasteiger partial charge >= 0.3 is 5.97 Å². The van der Waals surface area contributed by atoms with Crippen LogP contribution in [-0.4, -0.2) is 55.2 Å². The minimum absolute atomic E-state index is 0.227. The summed E-state index contributed by atoms with van der Waals surface area (Å²) in [4.78, 5) is 26.3. The zero-order chi connectivity index (χ0) is 16.9. The molecule has 0 unspecified atom stereocenters. The SMILES string of the molecule is C[C@H](OC(=O)c1ccc(CN2CCOCC2)cc1)C(=O)NC1CC1. The maximum absolute atomic E-state index is 12.1. The van der Waals surface area contributed by atoms with Crippen LogP contribution in [0.1, 0.15) is 35.7 Å². The Morgan fingerprint density at radius 1 is 1.25 bits per heavy atom. The van der Waals surface area contributed by atoms with E-state index < -0.39 is 12.1 Å². The number of nitrogens with zero attached hydrogens (tertiary/aromatic N) is 1. The number of amides is 1. The van der Waals surface area contributed by atoms with Gasteiger partial charge in [0.25, 0.3) is 5.91 Å². The van der Waals surface area contributed by atoms with E-state index in [1.165, 1.54) is 0 Å². The van der Waals surface area contributed by atoms with E-state index in [1.54, 1.807) is 19.1 Å². The first-order valence-corrected chi connectivity index (χ1v) is 8.52. The number of morpholine rings is 1. The molecule has 0 bridgehead atoms. The molecule has 1 amide bonds. The highest BCUT2D eigenvalue weighted by atomic mass is 16.5. The second-order valence-corrected chi connectivity index (χ2v) is 6.42. The Kier molecular flexibility index (Phi) is 5.48. The van der Waals surface area contributed by atoms with Crippen LogP contribution in [0.5, 0.6) is 0 Å². The lowest BCUT2D eigenvalue weighted by atomic mass is 10.1. The highest BCUT2D eigenvalue weighted by Crippen LogP contribution is 2.19. The minimum atomic E-state index is -0.772. The first-order chi connectivity index (χ1) is 11.6. The van der Waals surface area contributed by atoms with Gasteiger partial charge in [0.05, 0.1) is 18.8 Å². The van der Waals surface area contributed by atoms with Crippen LogP contribution in [0.15, 0.2) is 24.3 Å². The standard InChI is InChI=1S/C18H24N2O4/c1-13(17(21)19-16-6-7-16)24-18(22)15-4-2-14(3-5-15)12-20-8-10-23-11-9-20/h2-5,13,16H,6-12H2,1H3,(H,19,21)/t13-/m0/s1. The van der Waals surface area contributed by atoms with Gasteiger partial charge in [0, 0.05) is 25.7 Å². The summed E-state index contributed by atoms with van der Waals surface area (Å²) < 4.78 is 10.6. The largest absolute Gasteiger partial charge is 0.449 e. The fraction of sp³-hybridized carbons (Fsp3) is 0.556. The first-order valence-electron chi connectivity index (χ1n) is 8.52. The molecule has 1 aliphatic carbocycles. The molecule has 6 heteroatoms. The third-order valence-electron chi connectivity index (χ3n) is 4.28. The molecule has 0 spiro atoms. The maximum atomic E-state index is 12.1. The molecule has 2 fully saturated rings. The van der Waals surface area contributed by atoms with Crippen molar-refractivity contribution in [3.8, 4) is 0 Å². The van der Waals surface area contributed by atoms with Gasteiger partial charge in [0.2, 0.25) is 0 Å². The number of carbonyl (C=O) groups excluding carboxylic acids is 2. The first kappa shape index (κ1) is 16.9. The molecule has 2 aliphatic rings.